The summed E-state index contributed by atoms with van der Waals surface area (Å²) in [5.74, 6) is 0.660. The average molecular weight is 277 g/mol. The predicted molar refractivity (Wildman–Crippen MR) is 80.1 cm³/mol. The SMILES string of the molecule is COc1ccc(N=Cc2cc(C)n(C)c2C)cc1Cl. The summed E-state index contributed by atoms with van der Waals surface area (Å²) >= 11 is 6.07. The van der Waals surface area contributed by atoms with Crippen LogP contribution in [0, 0.1) is 13.8 Å². The Hall–Kier alpha value is -1.74. The minimum atomic E-state index is 0.568. The highest BCUT2D eigenvalue weighted by Crippen LogP contribution is 2.28. The van der Waals surface area contributed by atoms with E-state index in [2.05, 4.69) is 29.5 Å². The molecule has 0 saturated heterocycles. The summed E-state index contributed by atoms with van der Waals surface area (Å²) < 4.78 is 7.25. The van der Waals surface area contributed by atoms with Gasteiger partial charge in [-0.1, -0.05) is 11.6 Å². The van der Waals surface area contributed by atoms with Crippen LogP contribution in [-0.4, -0.2) is 17.9 Å². The molecule has 0 unspecified atom stereocenters. The molecule has 1 aromatic carbocycles. The van der Waals surface area contributed by atoms with Crippen LogP contribution in [0.3, 0.4) is 0 Å². The lowest BCUT2D eigenvalue weighted by Gasteiger charge is -2.02. The van der Waals surface area contributed by atoms with Gasteiger partial charge in [-0.3, -0.25) is 4.99 Å². The first-order valence-electron chi connectivity index (χ1n) is 6.03. The maximum absolute atomic E-state index is 6.07. The lowest BCUT2D eigenvalue weighted by atomic mass is 10.2. The van der Waals surface area contributed by atoms with Crippen LogP contribution in [0.5, 0.6) is 5.75 Å². The summed E-state index contributed by atoms with van der Waals surface area (Å²) in [6.45, 7) is 4.16. The van der Waals surface area contributed by atoms with E-state index in [1.807, 2.05) is 25.4 Å². The Morgan fingerprint density at radius 3 is 2.53 bits per heavy atom. The summed E-state index contributed by atoms with van der Waals surface area (Å²) in [5, 5.41) is 0.568. The highest BCUT2D eigenvalue weighted by molar-refractivity contribution is 6.32. The van der Waals surface area contributed by atoms with E-state index < -0.39 is 0 Å². The second-order valence-corrected chi connectivity index (χ2v) is 4.87. The quantitative estimate of drug-likeness (QED) is 0.777. The number of methoxy groups -OCH3 is 1. The summed E-state index contributed by atoms with van der Waals surface area (Å²) in [7, 11) is 3.65. The van der Waals surface area contributed by atoms with E-state index in [1.165, 1.54) is 11.4 Å². The molecule has 2 aromatic rings. The van der Waals surface area contributed by atoms with Crippen molar-refractivity contribution in [2.24, 2.45) is 12.0 Å². The Labute approximate surface area is 118 Å². The van der Waals surface area contributed by atoms with E-state index in [0.29, 0.717) is 10.8 Å². The van der Waals surface area contributed by atoms with Crippen LogP contribution in [-0.2, 0) is 7.05 Å². The molecule has 0 aliphatic rings. The van der Waals surface area contributed by atoms with Crippen LogP contribution in [0.25, 0.3) is 0 Å². The van der Waals surface area contributed by atoms with Gasteiger partial charge >= 0.3 is 0 Å². The van der Waals surface area contributed by atoms with Crippen LogP contribution in [0.1, 0.15) is 17.0 Å². The molecule has 0 spiro atoms. The summed E-state index contributed by atoms with van der Waals surface area (Å²) in [5.41, 5.74) is 4.34. The molecule has 1 aromatic heterocycles. The van der Waals surface area contributed by atoms with E-state index >= 15 is 0 Å². The van der Waals surface area contributed by atoms with Gasteiger partial charge in [0.1, 0.15) is 5.75 Å². The van der Waals surface area contributed by atoms with E-state index in [1.54, 1.807) is 13.2 Å². The lowest BCUT2D eigenvalue weighted by molar-refractivity contribution is 0.415. The molecule has 0 saturated carbocycles. The normalized spacial score (nSPS) is 11.2. The molecule has 2 rings (SSSR count). The number of benzene rings is 1. The van der Waals surface area contributed by atoms with Gasteiger partial charge in [0.2, 0.25) is 0 Å². The lowest BCUT2D eigenvalue weighted by Crippen LogP contribution is -1.93. The van der Waals surface area contributed by atoms with E-state index in [9.17, 15) is 0 Å². The van der Waals surface area contributed by atoms with Gasteiger partial charge in [0.15, 0.2) is 0 Å². The van der Waals surface area contributed by atoms with E-state index in [4.69, 9.17) is 16.3 Å². The van der Waals surface area contributed by atoms with Crippen molar-refractivity contribution >= 4 is 23.5 Å². The molecule has 0 radical (unpaired) electrons. The van der Waals surface area contributed by atoms with Crippen LogP contribution in [0.2, 0.25) is 5.02 Å². The zero-order valence-electron chi connectivity index (χ0n) is 11.6. The standard InChI is InChI=1S/C15H17ClN2O/c1-10-7-12(11(2)18(10)3)9-17-13-5-6-15(19-4)14(16)8-13/h5-9H,1-4H3. The number of rotatable bonds is 3. The van der Waals surface area contributed by atoms with Crippen molar-refractivity contribution < 1.29 is 4.74 Å². The van der Waals surface area contributed by atoms with Gasteiger partial charge in [0, 0.05) is 30.2 Å². The summed E-state index contributed by atoms with van der Waals surface area (Å²) in [6.07, 6.45) is 1.86. The number of nitrogens with zero attached hydrogens (tertiary/aromatic N) is 2. The molecule has 19 heavy (non-hydrogen) atoms. The monoisotopic (exact) mass is 276 g/mol. The van der Waals surface area contributed by atoms with Gasteiger partial charge in [0.25, 0.3) is 0 Å². The van der Waals surface area contributed by atoms with E-state index in [0.717, 1.165) is 11.3 Å². The van der Waals surface area contributed by atoms with E-state index in [-0.39, 0.29) is 0 Å². The Bertz CT molecular complexity index is 629. The Kier molecular flexibility index (Phi) is 3.96. The molecule has 0 aliphatic carbocycles. The number of aromatic nitrogens is 1. The maximum atomic E-state index is 6.07. The summed E-state index contributed by atoms with van der Waals surface area (Å²) in [6, 6.07) is 7.61. The fourth-order valence-corrected chi connectivity index (χ4v) is 2.15. The van der Waals surface area contributed by atoms with Crippen LogP contribution in [0.15, 0.2) is 29.3 Å². The third-order valence-corrected chi connectivity index (χ3v) is 3.60. The topological polar surface area (TPSA) is 26.5 Å². The molecule has 0 aliphatic heterocycles. The first kappa shape index (κ1) is 13.7. The number of hydrogen-bond acceptors (Lipinski definition) is 2. The third-order valence-electron chi connectivity index (χ3n) is 3.30. The average Bonchev–Trinajstić information content (AvgIpc) is 2.64. The van der Waals surface area contributed by atoms with Crippen molar-refractivity contribution in [2.45, 2.75) is 13.8 Å². The first-order valence-corrected chi connectivity index (χ1v) is 6.41. The Morgan fingerprint density at radius 1 is 1.26 bits per heavy atom. The molecule has 0 N–H and O–H groups in total. The van der Waals surface area contributed by atoms with Gasteiger partial charge in [-0.25, -0.2) is 0 Å². The van der Waals surface area contributed by atoms with Gasteiger partial charge in [0.05, 0.1) is 17.8 Å². The van der Waals surface area contributed by atoms with Crippen molar-refractivity contribution in [2.75, 3.05) is 7.11 Å². The van der Waals surface area contributed by atoms with Crippen molar-refractivity contribution in [1.82, 2.24) is 4.57 Å². The Morgan fingerprint density at radius 2 is 2.00 bits per heavy atom. The smallest absolute Gasteiger partial charge is 0.137 e. The zero-order chi connectivity index (χ0) is 14.0. The van der Waals surface area contributed by atoms with Crippen LogP contribution in [0.4, 0.5) is 5.69 Å². The van der Waals surface area contributed by atoms with Crippen LogP contribution >= 0.6 is 11.6 Å². The second kappa shape index (κ2) is 5.49. The van der Waals surface area contributed by atoms with Gasteiger partial charge < -0.3 is 9.30 Å². The number of halogens is 1. The minimum Gasteiger partial charge on any atom is -0.495 e. The second-order valence-electron chi connectivity index (χ2n) is 4.46. The zero-order valence-corrected chi connectivity index (χ0v) is 12.3. The van der Waals surface area contributed by atoms with Crippen molar-refractivity contribution in [3.8, 4) is 5.75 Å². The Balaban J connectivity index is 2.27. The van der Waals surface area contributed by atoms with Crippen molar-refractivity contribution in [3.05, 3.63) is 46.2 Å². The fraction of sp³-hybridized carbons (Fsp3) is 0.267. The van der Waals surface area contributed by atoms with Crippen LogP contribution < -0.4 is 4.74 Å². The number of ether oxygens (including phenoxy) is 1. The highest BCUT2D eigenvalue weighted by Gasteiger charge is 2.04. The maximum Gasteiger partial charge on any atom is 0.137 e. The molecule has 0 amide bonds. The molecule has 0 fully saturated rings. The molecular weight excluding hydrogens is 260 g/mol. The highest BCUT2D eigenvalue weighted by atomic mass is 35.5. The number of aryl methyl sites for hydroxylation is 1. The van der Waals surface area contributed by atoms with Crippen molar-refractivity contribution in [3.63, 3.8) is 0 Å². The number of hydrogen-bond donors (Lipinski definition) is 0. The fourth-order valence-electron chi connectivity index (χ4n) is 1.89. The van der Waals surface area contributed by atoms with Gasteiger partial charge in [-0.2, -0.15) is 0 Å². The van der Waals surface area contributed by atoms with Gasteiger partial charge in [-0.15, -0.1) is 0 Å². The third kappa shape index (κ3) is 2.82. The molecule has 4 heteroatoms. The molecule has 1 heterocycles. The molecule has 100 valence electrons. The largest absolute Gasteiger partial charge is 0.495 e. The molecule has 0 atom stereocenters. The predicted octanol–water partition coefficient (Wildman–Crippen LogP) is 4.05. The number of aliphatic imine (C=N–C) groups is 1. The minimum absolute atomic E-state index is 0.568. The molecule has 3 nitrogen and oxygen atoms in total. The molecule has 0 bridgehead atoms. The van der Waals surface area contributed by atoms with Gasteiger partial charge in [-0.05, 0) is 38.1 Å². The molecular formula is C15H17ClN2O. The first-order chi connectivity index (χ1) is 9.02. The van der Waals surface area contributed by atoms with Crippen molar-refractivity contribution in [1.29, 1.82) is 0 Å². The summed E-state index contributed by atoms with van der Waals surface area (Å²) in [4.78, 5) is 4.45.